The fraction of sp³-hybridized carbons (Fsp3) is 0. The molecule has 6 heteroatoms. The third-order valence-corrected chi connectivity index (χ3v) is 8.01. The van der Waals surface area contributed by atoms with Crippen molar-refractivity contribution in [2.24, 2.45) is 0 Å². The van der Waals surface area contributed by atoms with Gasteiger partial charge in [-0.1, -0.05) is 127 Å². The van der Waals surface area contributed by atoms with Crippen LogP contribution < -0.4 is 0 Å². The Morgan fingerprint density at radius 3 is 1.38 bits per heavy atom. The molecule has 0 saturated carbocycles. The van der Waals surface area contributed by atoms with Crippen molar-refractivity contribution < 1.29 is 0 Å². The molecule has 226 valence electrons. The van der Waals surface area contributed by atoms with Crippen molar-refractivity contribution in [3.63, 3.8) is 0 Å². The zero-order chi connectivity index (χ0) is 32.1. The molecular formula is C42H28N6. The molecule has 4 aromatic carbocycles. The van der Waals surface area contributed by atoms with Crippen LogP contribution in [0.4, 0.5) is 0 Å². The molecule has 0 radical (unpaired) electrons. The van der Waals surface area contributed by atoms with Crippen molar-refractivity contribution in [2.45, 2.75) is 0 Å². The van der Waals surface area contributed by atoms with Crippen LogP contribution in [0.25, 0.3) is 79.3 Å². The minimum atomic E-state index is 0.576. The zero-order valence-corrected chi connectivity index (χ0v) is 25.8. The first-order valence-corrected chi connectivity index (χ1v) is 15.7. The summed E-state index contributed by atoms with van der Waals surface area (Å²) in [7, 11) is 0. The molecule has 0 saturated heterocycles. The van der Waals surface area contributed by atoms with Crippen molar-refractivity contribution in [3.8, 4) is 79.3 Å². The number of pyridine rings is 3. The van der Waals surface area contributed by atoms with E-state index < -0.39 is 0 Å². The second-order valence-electron chi connectivity index (χ2n) is 11.2. The van der Waals surface area contributed by atoms with Gasteiger partial charge in [0.05, 0.1) is 28.5 Å². The first-order chi connectivity index (χ1) is 23.8. The molecule has 8 rings (SSSR count). The maximum absolute atomic E-state index is 5.18. The van der Waals surface area contributed by atoms with Gasteiger partial charge in [0.25, 0.3) is 0 Å². The molecule has 0 atom stereocenters. The van der Waals surface area contributed by atoms with Crippen molar-refractivity contribution in [1.82, 2.24) is 29.9 Å². The van der Waals surface area contributed by atoms with Gasteiger partial charge in [-0.05, 0) is 47.5 Å². The van der Waals surface area contributed by atoms with Crippen LogP contribution in [-0.4, -0.2) is 29.9 Å². The van der Waals surface area contributed by atoms with Crippen molar-refractivity contribution in [3.05, 3.63) is 170 Å². The van der Waals surface area contributed by atoms with E-state index in [1.54, 1.807) is 6.20 Å². The molecule has 0 N–H and O–H groups in total. The predicted molar refractivity (Wildman–Crippen MR) is 191 cm³/mol. The van der Waals surface area contributed by atoms with E-state index in [2.05, 4.69) is 35.3 Å². The summed E-state index contributed by atoms with van der Waals surface area (Å²) in [6, 6.07) is 54.5. The van der Waals surface area contributed by atoms with E-state index in [4.69, 9.17) is 24.9 Å². The monoisotopic (exact) mass is 616 g/mol. The Morgan fingerprint density at radius 1 is 0.271 bits per heavy atom. The van der Waals surface area contributed by atoms with Crippen LogP contribution in [0.5, 0.6) is 0 Å². The second-order valence-corrected chi connectivity index (χ2v) is 11.2. The van der Waals surface area contributed by atoms with E-state index in [1.165, 1.54) is 0 Å². The summed E-state index contributed by atoms with van der Waals surface area (Å²) >= 11 is 0. The third kappa shape index (κ3) is 5.98. The van der Waals surface area contributed by atoms with E-state index in [1.807, 2.05) is 133 Å². The third-order valence-electron chi connectivity index (χ3n) is 8.01. The maximum Gasteiger partial charge on any atom is 0.164 e. The van der Waals surface area contributed by atoms with Crippen LogP contribution >= 0.6 is 0 Å². The van der Waals surface area contributed by atoms with Gasteiger partial charge in [-0.3, -0.25) is 4.98 Å². The Morgan fingerprint density at radius 2 is 0.750 bits per heavy atom. The van der Waals surface area contributed by atoms with Crippen molar-refractivity contribution in [1.29, 1.82) is 0 Å². The molecule has 4 heterocycles. The van der Waals surface area contributed by atoms with Crippen LogP contribution in [0.1, 0.15) is 0 Å². The number of hydrogen-bond donors (Lipinski definition) is 0. The molecular weight excluding hydrogens is 589 g/mol. The van der Waals surface area contributed by atoms with E-state index in [-0.39, 0.29) is 0 Å². The quantitative estimate of drug-likeness (QED) is 0.177. The number of hydrogen-bond acceptors (Lipinski definition) is 6. The molecule has 4 aromatic heterocycles. The first-order valence-electron chi connectivity index (χ1n) is 15.7. The second kappa shape index (κ2) is 13.0. The molecule has 0 amide bonds. The summed E-state index contributed by atoms with van der Waals surface area (Å²) in [4.78, 5) is 29.7. The lowest BCUT2D eigenvalue weighted by Gasteiger charge is -2.13. The van der Waals surface area contributed by atoms with Gasteiger partial charge in [-0.2, -0.15) is 0 Å². The minimum Gasteiger partial charge on any atom is -0.255 e. The highest BCUT2D eigenvalue weighted by molar-refractivity contribution is 5.81. The summed E-state index contributed by atoms with van der Waals surface area (Å²) in [6.07, 6.45) is 1.79. The van der Waals surface area contributed by atoms with Gasteiger partial charge in [-0.25, -0.2) is 24.9 Å². The molecule has 0 aliphatic rings. The summed E-state index contributed by atoms with van der Waals surface area (Å²) in [5.41, 5.74) is 9.64. The lowest BCUT2D eigenvalue weighted by Crippen LogP contribution is -2.01. The predicted octanol–water partition coefficient (Wildman–Crippen LogP) is 9.73. The molecule has 0 aliphatic carbocycles. The van der Waals surface area contributed by atoms with Crippen molar-refractivity contribution in [2.75, 3.05) is 0 Å². The van der Waals surface area contributed by atoms with Gasteiger partial charge in [0.2, 0.25) is 0 Å². The SMILES string of the molecule is c1ccc(-c2cc(-c3ccccn3)nc(-c3cccc(-c4ccccc4-c4nc(-c5ccccc5)nc(-c5ccccc5)n4)n3)c2)cc1. The Bertz CT molecular complexity index is 2210. The summed E-state index contributed by atoms with van der Waals surface area (Å²) in [5.74, 6) is 1.80. The van der Waals surface area contributed by atoms with Crippen LogP contribution in [0.15, 0.2) is 170 Å². The Hall–Kier alpha value is -6.66. The zero-order valence-electron chi connectivity index (χ0n) is 25.8. The molecule has 6 nitrogen and oxygen atoms in total. The van der Waals surface area contributed by atoms with Crippen LogP contribution in [0, 0.1) is 0 Å². The standard InChI is InChI=1S/C42H28N6/c1-4-15-29(16-5-1)32-27-38(36-23-12-13-26-43-36)45-39(28-32)37-25-14-24-35(44-37)33-21-10-11-22-34(33)42-47-40(30-17-6-2-7-18-30)46-41(48-42)31-19-8-3-9-20-31/h1-28H. The highest BCUT2D eigenvalue weighted by Crippen LogP contribution is 2.34. The number of benzene rings is 4. The fourth-order valence-corrected chi connectivity index (χ4v) is 5.66. The number of rotatable bonds is 7. The number of aromatic nitrogens is 6. The van der Waals surface area contributed by atoms with Gasteiger partial charge in [0.15, 0.2) is 17.5 Å². The molecule has 0 fully saturated rings. The average Bonchev–Trinajstić information content (AvgIpc) is 3.19. The molecule has 0 spiro atoms. The van der Waals surface area contributed by atoms with Gasteiger partial charge < -0.3 is 0 Å². The topological polar surface area (TPSA) is 77.3 Å². The highest BCUT2D eigenvalue weighted by Gasteiger charge is 2.17. The lowest BCUT2D eigenvalue weighted by molar-refractivity contribution is 1.07. The minimum absolute atomic E-state index is 0.576. The van der Waals surface area contributed by atoms with E-state index in [0.717, 1.165) is 61.9 Å². The van der Waals surface area contributed by atoms with Gasteiger partial charge in [-0.15, -0.1) is 0 Å². The summed E-state index contributed by atoms with van der Waals surface area (Å²) < 4.78 is 0. The molecule has 0 unspecified atom stereocenters. The van der Waals surface area contributed by atoms with E-state index >= 15 is 0 Å². The molecule has 0 aliphatic heterocycles. The van der Waals surface area contributed by atoms with Crippen LogP contribution in [0.2, 0.25) is 0 Å². The first kappa shape index (κ1) is 28.8. The van der Waals surface area contributed by atoms with Crippen molar-refractivity contribution >= 4 is 0 Å². The normalized spacial score (nSPS) is 10.9. The van der Waals surface area contributed by atoms with Gasteiger partial charge >= 0.3 is 0 Å². The highest BCUT2D eigenvalue weighted by atomic mass is 15.0. The smallest absolute Gasteiger partial charge is 0.164 e. The molecule has 8 aromatic rings. The number of nitrogens with zero attached hydrogens (tertiary/aromatic N) is 6. The maximum atomic E-state index is 5.18. The summed E-state index contributed by atoms with van der Waals surface area (Å²) in [5, 5.41) is 0. The Labute approximate surface area is 278 Å². The fourth-order valence-electron chi connectivity index (χ4n) is 5.66. The summed E-state index contributed by atoms with van der Waals surface area (Å²) in [6.45, 7) is 0. The largest absolute Gasteiger partial charge is 0.255 e. The van der Waals surface area contributed by atoms with Gasteiger partial charge in [0, 0.05) is 28.5 Å². The van der Waals surface area contributed by atoms with Crippen LogP contribution in [0.3, 0.4) is 0 Å². The average molecular weight is 617 g/mol. The Kier molecular flexibility index (Phi) is 7.79. The van der Waals surface area contributed by atoms with Gasteiger partial charge in [0.1, 0.15) is 0 Å². The molecule has 48 heavy (non-hydrogen) atoms. The molecule has 0 bridgehead atoms. The van der Waals surface area contributed by atoms with E-state index in [0.29, 0.717) is 17.5 Å². The van der Waals surface area contributed by atoms with Crippen LogP contribution in [-0.2, 0) is 0 Å². The van der Waals surface area contributed by atoms with E-state index in [9.17, 15) is 0 Å². The lowest BCUT2D eigenvalue weighted by atomic mass is 10.0. The Balaban J connectivity index is 1.26.